The molecule has 20 heavy (non-hydrogen) atoms. The Morgan fingerprint density at radius 2 is 2.10 bits per heavy atom. The first-order valence-electron chi connectivity index (χ1n) is 6.72. The van der Waals surface area contributed by atoms with Crippen molar-refractivity contribution in [3.8, 4) is 0 Å². The van der Waals surface area contributed by atoms with Gasteiger partial charge in [-0.05, 0) is 25.3 Å². The number of hydrogen-bond donors (Lipinski definition) is 3. The van der Waals surface area contributed by atoms with Crippen molar-refractivity contribution in [2.45, 2.75) is 37.7 Å². The molecule has 5 heteroatoms. The number of carboxylic acids is 1. The van der Waals surface area contributed by atoms with Crippen LogP contribution in [-0.2, 0) is 15.0 Å². The lowest BCUT2D eigenvalue weighted by molar-refractivity contribution is -0.146. The molecule has 108 valence electrons. The minimum atomic E-state index is -1.56. The number of aliphatic hydroxyl groups is 1. The molecule has 0 aromatic heterocycles. The van der Waals surface area contributed by atoms with Gasteiger partial charge in [-0.1, -0.05) is 36.2 Å². The highest BCUT2D eigenvalue weighted by Crippen LogP contribution is 2.44. The number of carbonyl (C=O) groups excluding carboxylic acids is 1. The van der Waals surface area contributed by atoms with Crippen molar-refractivity contribution < 1.29 is 19.8 Å². The Balaban J connectivity index is 2.11. The summed E-state index contributed by atoms with van der Waals surface area (Å²) in [6.45, 7) is 1.71. The van der Waals surface area contributed by atoms with Crippen LogP contribution in [0.25, 0.3) is 0 Å². The SMILES string of the molecule is Cc1cccc(C2(C(=O)NCC(O)C(=O)O)CCC2)c1. The first-order valence-corrected chi connectivity index (χ1v) is 6.72. The Morgan fingerprint density at radius 1 is 1.40 bits per heavy atom. The normalized spacial score (nSPS) is 17.9. The van der Waals surface area contributed by atoms with Gasteiger partial charge in [-0.15, -0.1) is 0 Å². The van der Waals surface area contributed by atoms with E-state index in [4.69, 9.17) is 5.11 Å². The quantitative estimate of drug-likeness (QED) is 0.748. The Labute approximate surface area is 117 Å². The number of aryl methyl sites for hydroxylation is 1. The zero-order chi connectivity index (χ0) is 14.8. The second kappa shape index (κ2) is 5.63. The molecule has 0 heterocycles. The Kier molecular flexibility index (Phi) is 4.09. The number of hydrogen-bond acceptors (Lipinski definition) is 3. The third-order valence-electron chi connectivity index (χ3n) is 3.95. The van der Waals surface area contributed by atoms with Crippen LogP contribution in [0.3, 0.4) is 0 Å². The summed E-state index contributed by atoms with van der Waals surface area (Å²) in [6.07, 6.45) is 0.924. The van der Waals surface area contributed by atoms with Gasteiger partial charge >= 0.3 is 5.97 Å². The van der Waals surface area contributed by atoms with Crippen LogP contribution in [0.1, 0.15) is 30.4 Å². The first-order chi connectivity index (χ1) is 9.45. The van der Waals surface area contributed by atoms with Gasteiger partial charge in [0.1, 0.15) is 0 Å². The standard InChI is InChI=1S/C15H19NO4/c1-10-4-2-5-11(8-10)15(6-3-7-15)14(20)16-9-12(17)13(18)19/h2,4-5,8,12,17H,3,6-7,9H2,1H3,(H,16,20)(H,18,19). The van der Waals surface area contributed by atoms with Gasteiger partial charge in [0.2, 0.25) is 5.91 Å². The number of nitrogens with one attached hydrogen (secondary N) is 1. The van der Waals surface area contributed by atoms with Crippen molar-refractivity contribution in [3.05, 3.63) is 35.4 Å². The number of carbonyl (C=O) groups is 2. The highest BCUT2D eigenvalue weighted by molar-refractivity contribution is 5.89. The molecule has 1 saturated carbocycles. The second-order valence-corrected chi connectivity index (χ2v) is 5.37. The van der Waals surface area contributed by atoms with Crippen LogP contribution in [0.2, 0.25) is 0 Å². The lowest BCUT2D eigenvalue weighted by Crippen LogP contribution is -2.51. The average Bonchev–Trinajstić information content (AvgIpc) is 2.34. The molecule has 3 N–H and O–H groups in total. The lowest BCUT2D eigenvalue weighted by Gasteiger charge is -2.41. The number of aliphatic hydroxyl groups excluding tert-OH is 1. The Hall–Kier alpha value is -1.88. The van der Waals surface area contributed by atoms with E-state index in [0.29, 0.717) is 0 Å². The predicted octanol–water partition coefficient (Wildman–Crippen LogP) is 0.978. The van der Waals surface area contributed by atoms with Crippen molar-refractivity contribution >= 4 is 11.9 Å². The van der Waals surface area contributed by atoms with E-state index in [2.05, 4.69) is 5.32 Å². The molecule has 1 atom stereocenters. The molecule has 1 aromatic rings. The molecule has 1 aliphatic rings. The molecule has 1 unspecified atom stereocenters. The van der Waals surface area contributed by atoms with Gasteiger partial charge in [-0.3, -0.25) is 4.79 Å². The number of benzene rings is 1. The fourth-order valence-electron chi connectivity index (χ4n) is 2.57. The molecule has 0 bridgehead atoms. The van der Waals surface area contributed by atoms with Crippen molar-refractivity contribution in [2.75, 3.05) is 6.54 Å². The zero-order valence-electron chi connectivity index (χ0n) is 11.4. The summed E-state index contributed by atoms with van der Waals surface area (Å²) in [7, 11) is 0. The molecule has 0 spiro atoms. The van der Waals surface area contributed by atoms with E-state index in [1.807, 2.05) is 31.2 Å². The van der Waals surface area contributed by atoms with Crippen LogP contribution in [0.5, 0.6) is 0 Å². The third kappa shape index (κ3) is 2.67. The van der Waals surface area contributed by atoms with Crippen LogP contribution >= 0.6 is 0 Å². The summed E-state index contributed by atoms with van der Waals surface area (Å²) in [5, 5.41) is 20.4. The van der Waals surface area contributed by atoms with Gasteiger partial charge in [-0.2, -0.15) is 0 Å². The van der Waals surface area contributed by atoms with Gasteiger partial charge in [0.15, 0.2) is 6.10 Å². The maximum absolute atomic E-state index is 12.4. The highest BCUT2D eigenvalue weighted by atomic mass is 16.4. The summed E-state index contributed by atoms with van der Waals surface area (Å²) in [5.74, 6) is -1.53. The van der Waals surface area contributed by atoms with Crippen LogP contribution in [0, 0.1) is 6.92 Å². The van der Waals surface area contributed by atoms with Gasteiger partial charge < -0.3 is 15.5 Å². The van der Waals surface area contributed by atoms with Crippen molar-refractivity contribution in [2.24, 2.45) is 0 Å². The van der Waals surface area contributed by atoms with Crippen LogP contribution in [-0.4, -0.2) is 34.7 Å². The monoisotopic (exact) mass is 277 g/mol. The first kappa shape index (κ1) is 14.5. The van der Waals surface area contributed by atoms with Crippen LogP contribution in [0.15, 0.2) is 24.3 Å². The van der Waals surface area contributed by atoms with E-state index < -0.39 is 17.5 Å². The molecule has 5 nitrogen and oxygen atoms in total. The zero-order valence-corrected chi connectivity index (χ0v) is 11.4. The molecule has 2 rings (SSSR count). The summed E-state index contributed by atoms with van der Waals surface area (Å²) in [5.41, 5.74) is 1.49. The summed E-state index contributed by atoms with van der Waals surface area (Å²) in [4.78, 5) is 22.9. The van der Waals surface area contributed by atoms with Gasteiger partial charge in [0, 0.05) is 0 Å². The van der Waals surface area contributed by atoms with E-state index in [1.165, 1.54) is 0 Å². The molecule has 0 radical (unpaired) electrons. The maximum atomic E-state index is 12.4. The minimum Gasteiger partial charge on any atom is -0.479 e. The summed E-state index contributed by atoms with van der Waals surface area (Å²) >= 11 is 0. The molecular formula is C15H19NO4. The molecule has 1 aliphatic carbocycles. The van der Waals surface area contributed by atoms with Crippen molar-refractivity contribution in [1.29, 1.82) is 0 Å². The largest absolute Gasteiger partial charge is 0.479 e. The van der Waals surface area contributed by atoms with Crippen molar-refractivity contribution in [3.63, 3.8) is 0 Å². The molecule has 1 aromatic carbocycles. The van der Waals surface area contributed by atoms with Gasteiger partial charge in [0.25, 0.3) is 0 Å². The number of amides is 1. The van der Waals surface area contributed by atoms with E-state index in [-0.39, 0.29) is 12.5 Å². The lowest BCUT2D eigenvalue weighted by atomic mass is 9.63. The fourth-order valence-corrected chi connectivity index (χ4v) is 2.57. The van der Waals surface area contributed by atoms with Crippen LogP contribution in [0.4, 0.5) is 0 Å². The minimum absolute atomic E-state index is 0.199. The number of rotatable bonds is 5. The van der Waals surface area contributed by atoms with E-state index in [1.54, 1.807) is 0 Å². The maximum Gasteiger partial charge on any atom is 0.334 e. The van der Waals surface area contributed by atoms with E-state index >= 15 is 0 Å². The summed E-state index contributed by atoms with van der Waals surface area (Å²) < 4.78 is 0. The molecule has 0 aliphatic heterocycles. The topological polar surface area (TPSA) is 86.6 Å². The van der Waals surface area contributed by atoms with Crippen LogP contribution < -0.4 is 5.32 Å². The second-order valence-electron chi connectivity index (χ2n) is 5.37. The Bertz CT molecular complexity index is 522. The number of aliphatic carboxylic acids is 1. The smallest absolute Gasteiger partial charge is 0.334 e. The van der Waals surface area contributed by atoms with E-state index in [0.717, 1.165) is 30.4 Å². The molecule has 1 fully saturated rings. The molecule has 0 saturated heterocycles. The summed E-state index contributed by atoms with van der Waals surface area (Å²) in [6, 6.07) is 7.82. The molecular weight excluding hydrogens is 258 g/mol. The van der Waals surface area contributed by atoms with E-state index in [9.17, 15) is 14.7 Å². The third-order valence-corrected chi connectivity index (χ3v) is 3.95. The van der Waals surface area contributed by atoms with Gasteiger partial charge in [0.05, 0.1) is 12.0 Å². The average molecular weight is 277 g/mol. The van der Waals surface area contributed by atoms with Crippen molar-refractivity contribution in [1.82, 2.24) is 5.32 Å². The molecule has 1 amide bonds. The highest BCUT2D eigenvalue weighted by Gasteiger charge is 2.45. The predicted molar refractivity (Wildman–Crippen MR) is 73.4 cm³/mol. The van der Waals surface area contributed by atoms with Gasteiger partial charge in [-0.25, -0.2) is 4.79 Å². The Morgan fingerprint density at radius 3 is 2.60 bits per heavy atom. The fraction of sp³-hybridized carbons (Fsp3) is 0.467. The number of carboxylic acid groups (broad SMARTS) is 1.